The first-order valence-corrected chi connectivity index (χ1v) is 7.32. The highest BCUT2D eigenvalue weighted by Crippen LogP contribution is 2.19. The molecule has 3 rings (SSSR count). The molecule has 0 unspecified atom stereocenters. The number of benzene rings is 1. The predicted molar refractivity (Wildman–Crippen MR) is 77.3 cm³/mol. The molecule has 0 bridgehead atoms. The highest BCUT2D eigenvalue weighted by Gasteiger charge is 2.09. The minimum absolute atomic E-state index is 0.457. The second-order valence-electron chi connectivity index (χ2n) is 4.13. The fourth-order valence-corrected chi connectivity index (χ4v) is 3.06. The summed E-state index contributed by atoms with van der Waals surface area (Å²) in [5.41, 5.74) is 2.20. The molecule has 0 aliphatic carbocycles. The molecule has 2 heterocycles. The summed E-state index contributed by atoms with van der Waals surface area (Å²) < 4.78 is 2.22. The van der Waals surface area contributed by atoms with Crippen molar-refractivity contribution in [3.63, 3.8) is 0 Å². The van der Waals surface area contributed by atoms with Crippen LogP contribution in [0.5, 0.6) is 0 Å². The molecule has 1 aromatic carbocycles. The van der Waals surface area contributed by atoms with Crippen molar-refractivity contribution in [3.05, 3.63) is 52.5 Å². The van der Waals surface area contributed by atoms with Crippen molar-refractivity contribution >= 4 is 34.0 Å². The Bertz CT molecular complexity index is 643. The number of rotatable bonds is 4. The first-order chi connectivity index (χ1) is 8.88. The molecule has 0 N–H and O–H groups in total. The number of hydrogen-bond acceptors (Lipinski definition) is 2. The Morgan fingerprint density at radius 2 is 2.06 bits per heavy atom. The molecular formula is C14H13ClN2S. The number of thiophene rings is 1. The van der Waals surface area contributed by atoms with E-state index in [1.54, 1.807) is 11.3 Å². The maximum absolute atomic E-state index is 5.98. The average Bonchev–Trinajstić information content (AvgIpc) is 3.03. The van der Waals surface area contributed by atoms with Crippen molar-refractivity contribution in [1.29, 1.82) is 0 Å². The summed E-state index contributed by atoms with van der Waals surface area (Å²) in [6.45, 7) is 0.934. The molecule has 0 amide bonds. The molecule has 0 atom stereocenters. The number of fused-ring (bicyclic) bond motifs is 1. The third kappa shape index (κ3) is 2.16. The fourth-order valence-electron chi connectivity index (χ4n) is 2.15. The highest BCUT2D eigenvalue weighted by atomic mass is 35.5. The first-order valence-electron chi connectivity index (χ1n) is 5.91. The zero-order valence-electron chi connectivity index (χ0n) is 9.84. The number of imidazole rings is 1. The van der Waals surface area contributed by atoms with Crippen LogP contribution in [0.3, 0.4) is 0 Å². The van der Waals surface area contributed by atoms with Gasteiger partial charge in [0.1, 0.15) is 5.82 Å². The predicted octanol–water partition coefficient (Wildman–Crippen LogP) is 4.08. The lowest BCUT2D eigenvalue weighted by Crippen LogP contribution is -2.04. The van der Waals surface area contributed by atoms with Crippen molar-refractivity contribution in [2.45, 2.75) is 18.8 Å². The molecule has 0 fully saturated rings. The number of halogens is 1. The van der Waals surface area contributed by atoms with Gasteiger partial charge < -0.3 is 4.57 Å². The number of alkyl halides is 1. The molecule has 0 spiro atoms. The van der Waals surface area contributed by atoms with Gasteiger partial charge in [-0.05, 0) is 30.0 Å². The van der Waals surface area contributed by atoms with Gasteiger partial charge >= 0.3 is 0 Å². The van der Waals surface area contributed by atoms with E-state index in [1.807, 2.05) is 18.2 Å². The van der Waals surface area contributed by atoms with Crippen LogP contribution < -0.4 is 0 Å². The SMILES string of the molecule is ClCc1nc2ccccc2n1CCc1cccs1. The lowest BCUT2D eigenvalue weighted by molar-refractivity contribution is 0.693. The third-order valence-electron chi connectivity index (χ3n) is 3.02. The summed E-state index contributed by atoms with van der Waals surface area (Å²) in [6.07, 6.45) is 1.03. The Morgan fingerprint density at radius 1 is 1.17 bits per heavy atom. The van der Waals surface area contributed by atoms with Crippen molar-refractivity contribution in [2.75, 3.05) is 0 Å². The quantitative estimate of drug-likeness (QED) is 0.657. The number of hydrogen-bond donors (Lipinski definition) is 0. The molecular weight excluding hydrogens is 264 g/mol. The summed E-state index contributed by atoms with van der Waals surface area (Å²) in [4.78, 5) is 5.96. The van der Waals surface area contributed by atoms with E-state index in [0.29, 0.717) is 5.88 Å². The van der Waals surface area contributed by atoms with Gasteiger partial charge in [-0.25, -0.2) is 4.98 Å². The average molecular weight is 277 g/mol. The second-order valence-corrected chi connectivity index (χ2v) is 5.43. The van der Waals surface area contributed by atoms with Gasteiger partial charge in [0.05, 0.1) is 16.9 Å². The Labute approximate surface area is 115 Å². The molecule has 0 saturated carbocycles. The standard InChI is InChI=1S/C14H13ClN2S/c15-10-14-16-12-5-1-2-6-13(12)17(14)8-7-11-4-3-9-18-11/h1-6,9H,7-8,10H2. The lowest BCUT2D eigenvalue weighted by atomic mass is 10.3. The molecule has 2 nitrogen and oxygen atoms in total. The molecule has 4 heteroatoms. The summed E-state index contributed by atoms with van der Waals surface area (Å²) in [6, 6.07) is 12.5. The van der Waals surface area contributed by atoms with E-state index in [-0.39, 0.29) is 0 Å². The van der Waals surface area contributed by atoms with Crippen LogP contribution in [-0.2, 0) is 18.8 Å². The molecule has 0 radical (unpaired) electrons. The lowest BCUT2D eigenvalue weighted by Gasteiger charge is -2.06. The number of nitrogens with zero attached hydrogens (tertiary/aromatic N) is 2. The smallest absolute Gasteiger partial charge is 0.124 e. The van der Waals surface area contributed by atoms with Crippen LogP contribution in [0.15, 0.2) is 41.8 Å². The van der Waals surface area contributed by atoms with Crippen molar-refractivity contribution in [2.24, 2.45) is 0 Å². The number of aryl methyl sites for hydroxylation is 2. The van der Waals surface area contributed by atoms with E-state index >= 15 is 0 Å². The van der Waals surface area contributed by atoms with Crippen molar-refractivity contribution in [3.8, 4) is 0 Å². The van der Waals surface area contributed by atoms with Crippen LogP contribution in [0.4, 0.5) is 0 Å². The zero-order valence-corrected chi connectivity index (χ0v) is 11.4. The van der Waals surface area contributed by atoms with Crippen molar-refractivity contribution < 1.29 is 0 Å². The number of aromatic nitrogens is 2. The van der Waals surface area contributed by atoms with E-state index in [9.17, 15) is 0 Å². The second kappa shape index (κ2) is 5.12. The molecule has 2 aromatic heterocycles. The van der Waals surface area contributed by atoms with E-state index < -0.39 is 0 Å². The van der Waals surface area contributed by atoms with Crippen LogP contribution in [0, 0.1) is 0 Å². The maximum Gasteiger partial charge on any atom is 0.124 e. The first kappa shape index (κ1) is 11.8. The molecule has 92 valence electrons. The van der Waals surface area contributed by atoms with Crippen LogP contribution >= 0.6 is 22.9 Å². The fraction of sp³-hybridized carbons (Fsp3) is 0.214. The van der Waals surface area contributed by atoms with Gasteiger partial charge in [-0.2, -0.15) is 0 Å². The molecule has 0 saturated heterocycles. The maximum atomic E-state index is 5.98. The largest absolute Gasteiger partial charge is 0.327 e. The van der Waals surface area contributed by atoms with Gasteiger partial charge in [0.2, 0.25) is 0 Å². The van der Waals surface area contributed by atoms with Gasteiger partial charge in [0, 0.05) is 11.4 Å². The van der Waals surface area contributed by atoms with E-state index in [4.69, 9.17) is 11.6 Å². The van der Waals surface area contributed by atoms with Crippen molar-refractivity contribution in [1.82, 2.24) is 9.55 Å². The summed E-state index contributed by atoms with van der Waals surface area (Å²) in [5.74, 6) is 1.41. The van der Waals surface area contributed by atoms with Gasteiger partial charge in [0.15, 0.2) is 0 Å². The van der Waals surface area contributed by atoms with E-state index in [0.717, 1.165) is 24.3 Å². The minimum atomic E-state index is 0.457. The molecule has 0 aliphatic rings. The highest BCUT2D eigenvalue weighted by molar-refractivity contribution is 7.09. The normalized spacial score (nSPS) is 11.2. The van der Waals surface area contributed by atoms with Crippen LogP contribution in [0.1, 0.15) is 10.7 Å². The molecule has 18 heavy (non-hydrogen) atoms. The van der Waals surface area contributed by atoms with Crippen LogP contribution in [-0.4, -0.2) is 9.55 Å². The van der Waals surface area contributed by atoms with Gasteiger partial charge in [-0.1, -0.05) is 18.2 Å². The Morgan fingerprint density at radius 3 is 2.83 bits per heavy atom. The van der Waals surface area contributed by atoms with E-state index in [2.05, 4.69) is 33.1 Å². The van der Waals surface area contributed by atoms with Crippen LogP contribution in [0.25, 0.3) is 11.0 Å². The Balaban J connectivity index is 1.94. The van der Waals surface area contributed by atoms with Crippen LogP contribution in [0.2, 0.25) is 0 Å². The minimum Gasteiger partial charge on any atom is -0.327 e. The number of para-hydroxylation sites is 2. The Hall–Kier alpha value is -1.32. The van der Waals surface area contributed by atoms with Gasteiger partial charge in [-0.3, -0.25) is 0 Å². The summed E-state index contributed by atoms with van der Waals surface area (Å²) in [7, 11) is 0. The summed E-state index contributed by atoms with van der Waals surface area (Å²) >= 11 is 7.78. The van der Waals surface area contributed by atoms with Gasteiger partial charge in [-0.15, -0.1) is 22.9 Å². The monoisotopic (exact) mass is 276 g/mol. The molecule has 0 aliphatic heterocycles. The topological polar surface area (TPSA) is 17.8 Å². The molecule has 3 aromatic rings. The van der Waals surface area contributed by atoms with E-state index in [1.165, 1.54) is 10.4 Å². The third-order valence-corrected chi connectivity index (χ3v) is 4.19. The Kier molecular flexibility index (Phi) is 3.35. The summed E-state index contributed by atoms with van der Waals surface area (Å²) in [5, 5.41) is 2.11. The van der Waals surface area contributed by atoms with Gasteiger partial charge in [0.25, 0.3) is 0 Å². The zero-order chi connectivity index (χ0) is 12.4.